The fourth-order valence-corrected chi connectivity index (χ4v) is 6.65. The quantitative estimate of drug-likeness (QED) is 0.787. The van der Waals surface area contributed by atoms with Crippen molar-refractivity contribution in [2.24, 2.45) is 0 Å². The van der Waals surface area contributed by atoms with E-state index in [1.54, 1.807) is 0 Å². The van der Waals surface area contributed by atoms with Crippen LogP contribution in [0.1, 0.15) is 90.9 Å². The second-order valence-corrected chi connectivity index (χ2v) is 9.66. The third kappa shape index (κ3) is 3.04. The van der Waals surface area contributed by atoms with E-state index in [2.05, 4.69) is 29.4 Å². The Bertz CT molecular complexity index is 529. The largest absolute Gasteiger partial charge is 0.358 e. The molecule has 0 aromatic rings. The van der Waals surface area contributed by atoms with Gasteiger partial charge in [-0.25, -0.2) is 0 Å². The van der Waals surface area contributed by atoms with Crippen molar-refractivity contribution in [2.45, 2.75) is 133 Å². The molecule has 5 aliphatic rings. The summed E-state index contributed by atoms with van der Waals surface area (Å²) in [5.41, 5.74) is -0.244. The van der Waals surface area contributed by atoms with Crippen LogP contribution in [0.25, 0.3) is 0 Å². The Morgan fingerprint density at radius 1 is 0.923 bits per heavy atom. The van der Waals surface area contributed by atoms with Crippen LogP contribution in [0.5, 0.6) is 0 Å². The first kappa shape index (κ1) is 17.9. The number of rotatable bonds is 2. The van der Waals surface area contributed by atoms with Crippen LogP contribution in [0.4, 0.5) is 0 Å². The number of hydrogen-bond donors (Lipinski definition) is 2. The summed E-state index contributed by atoms with van der Waals surface area (Å²) < 4.78 is 13.3. The van der Waals surface area contributed by atoms with Gasteiger partial charge in [-0.1, -0.05) is 13.3 Å². The van der Waals surface area contributed by atoms with Crippen LogP contribution >= 0.6 is 0 Å². The first-order chi connectivity index (χ1) is 12.6. The van der Waals surface area contributed by atoms with Crippen LogP contribution in [-0.4, -0.2) is 46.9 Å². The molecule has 2 N–H and O–H groups in total. The summed E-state index contributed by atoms with van der Waals surface area (Å²) in [6, 6.07) is 1.33. The van der Waals surface area contributed by atoms with E-state index in [4.69, 9.17) is 9.47 Å². The van der Waals surface area contributed by atoms with Gasteiger partial charge in [0.1, 0.15) is 17.7 Å². The van der Waals surface area contributed by atoms with Gasteiger partial charge in [-0.05, 0) is 64.7 Å². The monoisotopic (exact) mass is 363 g/mol. The maximum absolute atomic E-state index is 6.73. The van der Waals surface area contributed by atoms with Crippen molar-refractivity contribution in [3.05, 3.63) is 0 Å². The lowest BCUT2D eigenvalue weighted by Crippen LogP contribution is -2.78. The molecule has 5 fully saturated rings. The van der Waals surface area contributed by atoms with Gasteiger partial charge in [0, 0.05) is 24.9 Å². The van der Waals surface area contributed by atoms with Crippen molar-refractivity contribution >= 4 is 0 Å². The summed E-state index contributed by atoms with van der Waals surface area (Å²) in [4.78, 5) is 2.73. The Morgan fingerprint density at radius 3 is 2.23 bits per heavy atom. The minimum atomic E-state index is -0.124. The molecule has 0 amide bonds. The summed E-state index contributed by atoms with van der Waals surface area (Å²) in [5, 5.41) is 7.89. The fraction of sp³-hybridized carbons (Fsp3) is 1.00. The number of ether oxygens (including phenoxy) is 2. The Balaban J connectivity index is 1.37. The highest BCUT2D eigenvalue weighted by atomic mass is 16.5. The van der Waals surface area contributed by atoms with Gasteiger partial charge in [0.2, 0.25) is 0 Å². The van der Waals surface area contributed by atoms with E-state index in [1.165, 1.54) is 51.4 Å². The second-order valence-electron chi connectivity index (χ2n) is 9.66. The molecule has 5 saturated heterocycles. The smallest absolute Gasteiger partial charge is 0.123 e. The lowest BCUT2D eigenvalue weighted by Gasteiger charge is -2.59. The molecule has 5 rings (SSSR count). The molecule has 5 heterocycles. The molecule has 0 bridgehead atoms. The van der Waals surface area contributed by atoms with Crippen molar-refractivity contribution < 1.29 is 9.47 Å². The van der Waals surface area contributed by atoms with Crippen LogP contribution in [0.2, 0.25) is 0 Å². The topological polar surface area (TPSA) is 45.8 Å². The van der Waals surface area contributed by atoms with Crippen molar-refractivity contribution in [3.8, 4) is 0 Å². The van der Waals surface area contributed by atoms with Gasteiger partial charge in [0.15, 0.2) is 0 Å². The van der Waals surface area contributed by atoms with Gasteiger partial charge in [-0.15, -0.1) is 0 Å². The van der Waals surface area contributed by atoms with E-state index in [1.807, 2.05) is 0 Å². The van der Waals surface area contributed by atoms with Crippen molar-refractivity contribution in [1.82, 2.24) is 15.5 Å². The maximum atomic E-state index is 6.73. The molecule has 5 nitrogen and oxygen atoms in total. The van der Waals surface area contributed by atoms with Crippen LogP contribution in [0.15, 0.2) is 0 Å². The minimum absolute atomic E-state index is 0.120. The molecule has 148 valence electrons. The summed E-state index contributed by atoms with van der Waals surface area (Å²) >= 11 is 0. The molecule has 0 saturated carbocycles. The molecule has 2 spiro atoms. The number of hydrogen-bond acceptors (Lipinski definition) is 5. The molecule has 0 aromatic carbocycles. The molecular weight excluding hydrogens is 326 g/mol. The van der Waals surface area contributed by atoms with Gasteiger partial charge >= 0.3 is 0 Å². The van der Waals surface area contributed by atoms with Crippen LogP contribution in [0, 0.1) is 0 Å². The first-order valence-corrected chi connectivity index (χ1v) is 11.3. The average Bonchev–Trinajstić information content (AvgIpc) is 2.97. The predicted octanol–water partition coefficient (Wildman–Crippen LogP) is 3.44. The zero-order chi connectivity index (χ0) is 17.8. The number of nitrogens with one attached hydrogen (secondary N) is 2. The summed E-state index contributed by atoms with van der Waals surface area (Å²) in [7, 11) is 0. The predicted molar refractivity (Wildman–Crippen MR) is 101 cm³/mol. The molecule has 5 heteroatoms. The second kappa shape index (κ2) is 6.70. The highest BCUT2D eigenvalue weighted by Crippen LogP contribution is 2.46. The molecule has 26 heavy (non-hydrogen) atoms. The van der Waals surface area contributed by atoms with Gasteiger partial charge in [0.05, 0.1) is 12.2 Å². The molecule has 0 radical (unpaired) electrons. The summed E-state index contributed by atoms with van der Waals surface area (Å²) in [6.45, 7) is 4.51. The summed E-state index contributed by atoms with van der Waals surface area (Å²) in [6.07, 6.45) is 15.7. The Hall–Kier alpha value is -0.200. The van der Waals surface area contributed by atoms with Gasteiger partial charge in [-0.2, -0.15) is 0 Å². The Kier molecular flexibility index (Phi) is 4.60. The highest BCUT2D eigenvalue weighted by Gasteiger charge is 2.57. The Labute approximate surface area is 158 Å². The van der Waals surface area contributed by atoms with Crippen LogP contribution < -0.4 is 10.6 Å². The molecule has 7 unspecified atom stereocenters. The molecule has 0 aromatic heterocycles. The van der Waals surface area contributed by atoms with E-state index in [-0.39, 0.29) is 17.7 Å². The number of nitrogens with zero attached hydrogens (tertiary/aromatic N) is 1. The van der Waals surface area contributed by atoms with Gasteiger partial charge in [0.25, 0.3) is 0 Å². The molecular formula is C21H37N3O2. The SMILES string of the molecule is CCCC1CCCC2(CC3CCC4CC5(CCCC(C)O5)NC(N2)N43)O1. The van der Waals surface area contributed by atoms with Crippen LogP contribution in [-0.2, 0) is 9.47 Å². The fourth-order valence-electron chi connectivity index (χ4n) is 6.65. The third-order valence-electron chi connectivity index (χ3n) is 7.63. The maximum Gasteiger partial charge on any atom is 0.123 e. The standard InChI is InChI=1S/C21H37N3O2/c1-3-6-18-8-5-12-21(26-18)14-17-10-9-16-13-20(11-4-7-15(2)25-20)22-19(23-21)24(16)17/h15-19,22-23H,3-14H2,1-2H3. The van der Waals surface area contributed by atoms with E-state index in [9.17, 15) is 0 Å². The average molecular weight is 364 g/mol. The van der Waals surface area contributed by atoms with E-state index in [0.29, 0.717) is 24.3 Å². The molecule has 7 atom stereocenters. The van der Waals surface area contributed by atoms with E-state index >= 15 is 0 Å². The highest BCUT2D eigenvalue weighted by molar-refractivity contribution is 5.07. The van der Waals surface area contributed by atoms with Gasteiger partial charge in [-0.3, -0.25) is 15.5 Å². The first-order valence-electron chi connectivity index (χ1n) is 11.3. The van der Waals surface area contributed by atoms with Crippen molar-refractivity contribution in [3.63, 3.8) is 0 Å². The molecule has 0 aliphatic carbocycles. The zero-order valence-electron chi connectivity index (χ0n) is 16.6. The summed E-state index contributed by atoms with van der Waals surface area (Å²) in [5.74, 6) is 0. The van der Waals surface area contributed by atoms with Crippen LogP contribution in [0.3, 0.4) is 0 Å². The lowest BCUT2D eigenvalue weighted by molar-refractivity contribution is -0.242. The molecule has 5 aliphatic heterocycles. The van der Waals surface area contributed by atoms with E-state index < -0.39 is 0 Å². The van der Waals surface area contributed by atoms with Crippen molar-refractivity contribution in [2.75, 3.05) is 0 Å². The third-order valence-corrected chi connectivity index (χ3v) is 7.63. The van der Waals surface area contributed by atoms with Crippen molar-refractivity contribution in [1.29, 1.82) is 0 Å². The lowest BCUT2D eigenvalue weighted by atomic mass is 9.87. The zero-order valence-corrected chi connectivity index (χ0v) is 16.6. The Morgan fingerprint density at radius 2 is 1.58 bits per heavy atom. The normalized spacial score (nSPS) is 51.7. The van der Waals surface area contributed by atoms with Gasteiger partial charge < -0.3 is 9.47 Å². The minimum Gasteiger partial charge on any atom is -0.358 e. The van der Waals surface area contributed by atoms with E-state index in [0.717, 1.165) is 25.7 Å².